The molecule has 2 rings (SSSR count). The Morgan fingerprint density at radius 1 is 1.29 bits per heavy atom. The highest BCUT2D eigenvalue weighted by atomic mass is 79.9. The number of halogens is 1. The van der Waals surface area contributed by atoms with Gasteiger partial charge in [0.1, 0.15) is 0 Å². The predicted molar refractivity (Wildman–Crippen MR) is 81.5 cm³/mol. The molecular formula is C14H11BrN2O4. The van der Waals surface area contributed by atoms with Gasteiger partial charge in [0, 0.05) is 23.2 Å². The molecule has 0 aliphatic heterocycles. The molecule has 2 aromatic carbocycles. The van der Waals surface area contributed by atoms with Crippen LogP contribution in [0.25, 0.3) is 0 Å². The van der Waals surface area contributed by atoms with E-state index in [1.54, 1.807) is 30.3 Å². The monoisotopic (exact) mass is 350 g/mol. The Morgan fingerprint density at radius 2 is 2.00 bits per heavy atom. The van der Waals surface area contributed by atoms with Crippen LogP contribution in [0.1, 0.15) is 15.9 Å². The van der Waals surface area contributed by atoms with E-state index in [2.05, 4.69) is 21.2 Å². The number of aromatic carboxylic acids is 1. The van der Waals surface area contributed by atoms with E-state index in [4.69, 9.17) is 0 Å². The second kappa shape index (κ2) is 6.36. The summed E-state index contributed by atoms with van der Waals surface area (Å²) in [4.78, 5) is 21.5. The van der Waals surface area contributed by atoms with Crippen LogP contribution in [0.2, 0.25) is 0 Å². The number of benzene rings is 2. The maximum atomic E-state index is 11.2. The highest BCUT2D eigenvalue weighted by Gasteiger charge is 2.14. The van der Waals surface area contributed by atoms with Gasteiger partial charge in [0.05, 0.1) is 16.2 Å². The van der Waals surface area contributed by atoms with Crippen LogP contribution < -0.4 is 5.32 Å². The fourth-order valence-corrected chi connectivity index (χ4v) is 2.40. The molecule has 0 bridgehead atoms. The number of nitro groups is 1. The van der Waals surface area contributed by atoms with Crippen molar-refractivity contribution in [3.8, 4) is 0 Å². The van der Waals surface area contributed by atoms with Crippen LogP contribution in [-0.2, 0) is 6.54 Å². The summed E-state index contributed by atoms with van der Waals surface area (Å²) in [5.41, 5.74) is 1.27. The molecule has 0 saturated heterocycles. The molecule has 0 aliphatic rings. The summed E-state index contributed by atoms with van der Waals surface area (Å²) in [5.74, 6) is -1.05. The van der Waals surface area contributed by atoms with Gasteiger partial charge in [0.15, 0.2) is 0 Å². The summed E-state index contributed by atoms with van der Waals surface area (Å²) in [6.07, 6.45) is 0. The Hall–Kier alpha value is -2.41. The minimum Gasteiger partial charge on any atom is -0.478 e. The summed E-state index contributed by atoms with van der Waals surface area (Å²) in [7, 11) is 0. The van der Waals surface area contributed by atoms with Crippen molar-refractivity contribution in [3.05, 3.63) is 68.2 Å². The van der Waals surface area contributed by atoms with E-state index >= 15 is 0 Å². The molecule has 6 nitrogen and oxygen atoms in total. The molecule has 0 amide bonds. The van der Waals surface area contributed by atoms with E-state index in [-0.39, 0.29) is 11.3 Å². The number of nitro benzene ring substituents is 1. The minimum absolute atomic E-state index is 0.00185. The van der Waals surface area contributed by atoms with Gasteiger partial charge in [-0.15, -0.1) is 0 Å². The van der Waals surface area contributed by atoms with Crippen molar-refractivity contribution >= 4 is 33.3 Å². The zero-order valence-electron chi connectivity index (χ0n) is 10.7. The van der Waals surface area contributed by atoms with Crippen molar-refractivity contribution in [1.82, 2.24) is 0 Å². The number of carbonyl (C=O) groups is 1. The maximum Gasteiger partial charge on any atom is 0.338 e. The molecule has 0 aliphatic carbocycles. The standard InChI is InChI=1S/C14H11BrN2O4/c15-11-5-2-6-12(13(11)14(18)19)16-8-9-3-1-4-10(7-9)17(20)21/h1-7,16H,8H2,(H,18,19). The molecular weight excluding hydrogens is 340 g/mol. The van der Waals surface area contributed by atoms with Gasteiger partial charge in [-0.3, -0.25) is 10.1 Å². The number of hydrogen-bond donors (Lipinski definition) is 2. The topological polar surface area (TPSA) is 92.5 Å². The fourth-order valence-electron chi connectivity index (χ4n) is 1.87. The Bertz CT molecular complexity index is 703. The summed E-state index contributed by atoms with van der Waals surface area (Å²) < 4.78 is 0.471. The van der Waals surface area contributed by atoms with E-state index in [0.29, 0.717) is 22.3 Å². The van der Waals surface area contributed by atoms with E-state index in [9.17, 15) is 20.0 Å². The lowest BCUT2D eigenvalue weighted by atomic mass is 10.1. The second-order valence-electron chi connectivity index (χ2n) is 4.25. The lowest BCUT2D eigenvalue weighted by molar-refractivity contribution is -0.384. The molecule has 0 heterocycles. The fraction of sp³-hybridized carbons (Fsp3) is 0.0714. The first kappa shape index (κ1) is 15.0. The van der Waals surface area contributed by atoms with Crippen molar-refractivity contribution in [2.45, 2.75) is 6.54 Å². The number of rotatable bonds is 5. The Kier molecular flexibility index (Phi) is 4.54. The van der Waals surface area contributed by atoms with Crippen LogP contribution in [0.15, 0.2) is 46.9 Å². The molecule has 2 aromatic rings. The quantitative estimate of drug-likeness (QED) is 0.633. The highest BCUT2D eigenvalue weighted by molar-refractivity contribution is 9.10. The lowest BCUT2D eigenvalue weighted by Gasteiger charge is -2.11. The minimum atomic E-state index is -1.05. The average molecular weight is 351 g/mol. The average Bonchev–Trinajstić information content (AvgIpc) is 2.45. The molecule has 0 radical (unpaired) electrons. The predicted octanol–water partition coefficient (Wildman–Crippen LogP) is 3.67. The van der Waals surface area contributed by atoms with E-state index in [1.807, 2.05) is 0 Å². The normalized spacial score (nSPS) is 10.1. The van der Waals surface area contributed by atoms with Gasteiger partial charge in [-0.1, -0.05) is 18.2 Å². The molecule has 2 N–H and O–H groups in total. The zero-order chi connectivity index (χ0) is 15.4. The van der Waals surface area contributed by atoms with Crippen molar-refractivity contribution in [2.24, 2.45) is 0 Å². The van der Waals surface area contributed by atoms with Crippen LogP contribution in [0.5, 0.6) is 0 Å². The number of nitrogens with one attached hydrogen (secondary N) is 1. The van der Waals surface area contributed by atoms with Crippen molar-refractivity contribution in [1.29, 1.82) is 0 Å². The van der Waals surface area contributed by atoms with Crippen LogP contribution in [0.4, 0.5) is 11.4 Å². The van der Waals surface area contributed by atoms with Crippen molar-refractivity contribution in [3.63, 3.8) is 0 Å². The number of hydrogen-bond acceptors (Lipinski definition) is 4. The Morgan fingerprint density at radius 3 is 2.67 bits per heavy atom. The van der Waals surface area contributed by atoms with Gasteiger partial charge in [0.2, 0.25) is 0 Å². The Balaban J connectivity index is 2.21. The maximum absolute atomic E-state index is 11.2. The molecule has 7 heteroatoms. The van der Waals surface area contributed by atoms with Crippen molar-refractivity contribution in [2.75, 3.05) is 5.32 Å². The van der Waals surface area contributed by atoms with Crippen LogP contribution >= 0.6 is 15.9 Å². The molecule has 21 heavy (non-hydrogen) atoms. The number of anilines is 1. The second-order valence-corrected chi connectivity index (χ2v) is 5.10. The number of carboxylic acid groups (broad SMARTS) is 1. The third kappa shape index (κ3) is 3.57. The molecule has 0 saturated carbocycles. The van der Waals surface area contributed by atoms with Gasteiger partial charge >= 0.3 is 5.97 Å². The molecule has 108 valence electrons. The lowest BCUT2D eigenvalue weighted by Crippen LogP contribution is -2.07. The Labute approximate surface area is 128 Å². The van der Waals surface area contributed by atoms with Crippen molar-refractivity contribution < 1.29 is 14.8 Å². The van der Waals surface area contributed by atoms with Gasteiger partial charge in [-0.25, -0.2) is 4.79 Å². The highest BCUT2D eigenvalue weighted by Crippen LogP contribution is 2.25. The molecule has 0 unspecified atom stereocenters. The summed E-state index contributed by atoms with van der Waals surface area (Å²) in [5, 5.41) is 22.9. The molecule has 0 atom stereocenters. The summed E-state index contributed by atoms with van der Waals surface area (Å²) in [6, 6.07) is 11.2. The smallest absolute Gasteiger partial charge is 0.338 e. The third-order valence-corrected chi connectivity index (χ3v) is 3.49. The SMILES string of the molecule is O=C(O)c1c(Br)cccc1NCc1cccc([N+](=O)[O-])c1. The van der Waals surface area contributed by atoms with Crippen LogP contribution in [0.3, 0.4) is 0 Å². The molecule has 0 aromatic heterocycles. The number of non-ortho nitro benzene ring substituents is 1. The zero-order valence-corrected chi connectivity index (χ0v) is 12.3. The molecule has 0 fully saturated rings. The first-order valence-electron chi connectivity index (χ1n) is 5.98. The van der Waals surface area contributed by atoms with E-state index in [0.717, 1.165) is 0 Å². The summed E-state index contributed by atoms with van der Waals surface area (Å²) in [6.45, 7) is 0.290. The first-order valence-corrected chi connectivity index (χ1v) is 6.77. The third-order valence-electron chi connectivity index (χ3n) is 2.83. The van der Waals surface area contributed by atoms with E-state index < -0.39 is 10.9 Å². The van der Waals surface area contributed by atoms with Crippen LogP contribution in [0, 0.1) is 10.1 Å². The van der Waals surface area contributed by atoms with Gasteiger partial charge in [0.25, 0.3) is 5.69 Å². The first-order chi connectivity index (χ1) is 9.99. The summed E-state index contributed by atoms with van der Waals surface area (Å²) >= 11 is 3.19. The van der Waals surface area contributed by atoms with Gasteiger partial charge in [-0.2, -0.15) is 0 Å². The molecule has 0 spiro atoms. The number of carboxylic acids is 1. The van der Waals surface area contributed by atoms with Gasteiger partial charge < -0.3 is 10.4 Å². The van der Waals surface area contributed by atoms with Gasteiger partial charge in [-0.05, 0) is 33.6 Å². The largest absolute Gasteiger partial charge is 0.478 e. The van der Waals surface area contributed by atoms with E-state index in [1.165, 1.54) is 12.1 Å². The number of nitrogens with zero attached hydrogens (tertiary/aromatic N) is 1. The van der Waals surface area contributed by atoms with Crippen LogP contribution in [-0.4, -0.2) is 16.0 Å².